The Kier molecular flexibility index (Phi) is 3.33. The van der Waals surface area contributed by atoms with Gasteiger partial charge >= 0.3 is 0 Å². The molecule has 0 radical (unpaired) electrons. The number of hydrogen-bond donors (Lipinski definition) is 0. The maximum atomic E-state index is 4.91. The highest BCUT2D eigenvalue weighted by Gasteiger charge is 2.28. The fourth-order valence-electron chi connectivity index (χ4n) is 3.58. The van der Waals surface area contributed by atoms with Gasteiger partial charge in [-0.1, -0.05) is 5.16 Å². The van der Waals surface area contributed by atoms with E-state index in [0.29, 0.717) is 11.8 Å². The van der Waals surface area contributed by atoms with Crippen LogP contribution in [-0.2, 0) is 6.54 Å². The molecule has 1 saturated carbocycles. The molecule has 0 unspecified atom stereocenters. The number of hydrogen-bond acceptors (Lipinski definition) is 6. The van der Waals surface area contributed by atoms with E-state index >= 15 is 0 Å². The van der Waals surface area contributed by atoms with Crippen molar-refractivity contribution in [2.24, 2.45) is 0 Å². The van der Waals surface area contributed by atoms with Crippen molar-refractivity contribution in [2.75, 3.05) is 13.1 Å². The van der Waals surface area contributed by atoms with Crippen LogP contribution in [0.1, 0.15) is 54.6 Å². The van der Waals surface area contributed by atoms with Crippen molar-refractivity contribution < 1.29 is 4.52 Å². The van der Waals surface area contributed by atoms with Gasteiger partial charge in [-0.25, -0.2) is 0 Å². The van der Waals surface area contributed by atoms with Crippen molar-refractivity contribution in [2.45, 2.75) is 44.1 Å². The first-order valence-electron chi connectivity index (χ1n) is 8.70. The molecule has 3 aromatic heterocycles. The Labute approximate surface area is 139 Å². The summed E-state index contributed by atoms with van der Waals surface area (Å²) in [5, 5.41) is 17.3. The van der Waals surface area contributed by atoms with E-state index in [0.717, 1.165) is 49.5 Å². The second-order valence-electron chi connectivity index (χ2n) is 6.94. The zero-order valence-electron chi connectivity index (χ0n) is 13.5. The Morgan fingerprint density at radius 3 is 2.67 bits per heavy atom. The molecule has 1 saturated heterocycles. The van der Waals surface area contributed by atoms with Gasteiger partial charge in [-0.15, -0.1) is 10.2 Å². The third-order valence-corrected chi connectivity index (χ3v) is 5.15. The number of fused-ring (bicyclic) bond motifs is 1. The van der Waals surface area contributed by atoms with Crippen molar-refractivity contribution in [3.8, 4) is 0 Å². The zero-order chi connectivity index (χ0) is 15.9. The summed E-state index contributed by atoms with van der Waals surface area (Å²) in [5.74, 6) is 2.10. The van der Waals surface area contributed by atoms with Crippen molar-refractivity contribution >= 4 is 5.65 Å². The standard InChI is InChI=1S/C17H20N6O/c1-2-13(1)15-3-4-16-19-20-17(23(16)21-15)14-5-7-22(8-6-14)10-12-9-18-24-11-12/h3-4,9,11,13-14H,1-2,5-8,10H2. The molecule has 0 bridgehead atoms. The van der Waals surface area contributed by atoms with Gasteiger partial charge in [0.25, 0.3) is 0 Å². The fraction of sp³-hybridized carbons (Fsp3) is 0.529. The average molecular weight is 324 g/mol. The molecule has 7 nitrogen and oxygen atoms in total. The van der Waals surface area contributed by atoms with Crippen molar-refractivity contribution in [1.82, 2.24) is 29.9 Å². The normalized spacial score (nSPS) is 20.0. The van der Waals surface area contributed by atoms with Crippen LogP contribution in [0, 0.1) is 0 Å². The summed E-state index contributed by atoms with van der Waals surface area (Å²) < 4.78 is 6.89. The maximum Gasteiger partial charge on any atom is 0.177 e. The number of nitrogens with zero attached hydrogens (tertiary/aromatic N) is 6. The van der Waals surface area contributed by atoms with Gasteiger partial charge < -0.3 is 4.52 Å². The average Bonchev–Trinajstić information content (AvgIpc) is 3.18. The van der Waals surface area contributed by atoms with E-state index in [4.69, 9.17) is 9.62 Å². The number of piperidine rings is 1. The molecular weight excluding hydrogens is 304 g/mol. The molecule has 4 heterocycles. The van der Waals surface area contributed by atoms with Gasteiger partial charge in [-0.05, 0) is 50.9 Å². The van der Waals surface area contributed by atoms with Crippen LogP contribution in [0.5, 0.6) is 0 Å². The minimum atomic E-state index is 0.431. The maximum absolute atomic E-state index is 4.91. The van der Waals surface area contributed by atoms with Gasteiger partial charge in [0, 0.05) is 23.9 Å². The molecule has 2 aliphatic rings. The summed E-state index contributed by atoms with van der Waals surface area (Å²) >= 11 is 0. The Morgan fingerprint density at radius 2 is 1.92 bits per heavy atom. The number of aromatic nitrogens is 5. The lowest BCUT2D eigenvalue weighted by Crippen LogP contribution is -2.33. The Balaban J connectivity index is 1.32. The highest BCUT2D eigenvalue weighted by Crippen LogP contribution is 2.39. The molecular formula is C17H20N6O. The lowest BCUT2D eigenvalue weighted by molar-refractivity contribution is 0.200. The summed E-state index contributed by atoms with van der Waals surface area (Å²) in [6.07, 6.45) is 8.21. The van der Waals surface area contributed by atoms with Crippen molar-refractivity contribution in [3.05, 3.63) is 41.7 Å². The zero-order valence-corrected chi connectivity index (χ0v) is 13.5. The smallest absolute Gasteiger partial charge is 0.177 e. The van der Waals surface area contributed by atoms with E-state index < -0.39 is 0 Å². The van der Waals surface area contributed by atoms with Crippen LogP contribution < -0.4 is 0 Å². The van der Waals surface area contributed by atoms with Gasteiger partial charge in [0.05, 0.1) is 11.9 Å². The molecule has 0 spiro atoms. The summed E-state index contributed by atoms with van der Waals surface area (Å²) in [4.78, 5) is 2.44. The lowest BCUT2D eigenvalue weighted by Gasteiger charge is -2.30. The first kappa shape index (κ1) is 14.1. The second-order valence-corrected chi connectivity index (χ2v) is 6.94. The van der Waals surface area contributed by atoms with Crippen LogP contribution in [0.15, 0.2) is 29.1 Å². The summed E-state index contributed by atoms with van der Waals surface area (Å²) in [6, 6.07) is 4.16. The van der Waals surface area contributed by atoms with Gasteiger partial charge in [0.1, 0.15) is 6.26 Å². The molecule has 3 aromatic rings. The van der Waals surface area contributed by atoms with Crippen molar-refractivity contribution in [3.63, 3.8) is 0 Å². The van der Waals surface area contributed by atoms with Gasteiger partial charge in [-0.2, -0.15) is 9.61 Å². The Morgan fingerprint density at radius 1 is 1.04 bits per heavy atom. The molecule has 5 rings (SSSR count). The highest BCUT2D eigenvalue weighted by molar-refractivity contribution is 5.38. The minimum absolute atomic E-state index is 0.431. The third-order valence-electron chi connectivity index (χ3n) is 5.15. The first-order chi connectivity index (χ1) is 11.9. The van der Waals surface area contributed by atoms with Crippen LogP contribution in [0.2, 0.25) is 0 Å². The predicted molar refractivity (Wildman–Crippen MR) is 86.5 cm³/mol. The highest BCUT2D eigenvalue weighted by atomic mass is 16.5. The molecule has 1 aliphatic heterocycles. The van der Waals surface area contributed by atoms with Gasteiger partial charge in [0.15, 0.2) is 11.5 Å². The van der Waals surface area contributed by atoms with Crippen LogP contribution in [0.4, 0.5) is 0 Å². The molecule has 0 atom stereocenters. The summed E-state index contributed by atoms with van der Waals surface area (Å²) in [7, 11) is 0. The van der Waals surface area contributed by atoms with Gasteiger partial charge in [0.2, 0.25) is 0 Å². The van der Waals surface area contributed by atoms with E-state index in [-0.39, 0.29) is 0 Å². The second kappa shape index (κ2) is 5.66. The molecule has 1 aliphatic carbocycles. The van der Waals surface area contributed by atoms with E-state index in [1.807, 2.05) is 4.52 Å². The molecule has 0 amide bonds. The largest absolute Gasteiger partial charge is 0.364 e. The Bertz CT molecular complexity index is 830. The van der Waals surface area contributed by atoms with Crippen LogP contribution in [-0.4, -0.2) is 43.0 Å². The van der Waals surface area contributed by atoms with E-state index in [1.165, 1.54) is 18.5 Å². The molecule has 2 fully saturated rings. The molecule has 24 heavy (non-hydrogen) atoms. The lowest BCUT2D eigenvalue weighted by atomic mass is 9.96. The van der Waals surface area contributed by atoms with Gasteiger partial charge in [-0.3, -0.25) is 4.90 Å². The van der Waals surface area contributed by atoms with Crippen LogP contribution in [0.3, 0.4) is 0 Å². The predicted octanol–water partition coefficient (Wildman–Crippen LogP) is 2.37. The topological polar surface area (TPSA) is 72.3 Å². The van der Waals surface area contributed by atoms with E-state index in [9.17, 15) is 0 Å². The van der Waals surface area contributed by atoms with Crippen molar-refractivity contribution in [1.29, 1.82) is 0 Å². The monoisotopic (exact) mass is 324 g/mol. The van der Waals surface area contributed by atoms with Crippen LogP contribution >= 0.6 is 0 Å². The van der Waals surface area contributed by atoms with E-state index in [1.54, 1.807) is 12.5 Å². The molecule has 0 N–H and O–H groups in total. The summed E-state index contributed by atoms with van der Waals surface area (Å²) in [6.45, 7) is 3.00. The molecule has 7 heteroatoms. The molecule has 0 aromatic carbocycles. The first-order valence-corrected chi connectivity index (χ1v) is 8.70. The number of likely N-dealkylation sites (tertiary alicyclic amines) is 1. The molecule has 124 valence electrons. The minimum Gasteiger partial charge on any atom is -0.364 e. The fourth-order valence-corrected chi connectivity index (χ4v) is 3.58. The van der Waals surface area contributed by atoms with E-state index in [2.05, 4.69) is 32.4 Å². The Hall–Kier alpha value is -2.28. The SMILES string of the molecule is c1nocc1CN1CCC(c2nnc3ccc(C4CC4)nn23)CC1. The summed E-state index contributed by atoms with van der Waals surface area (Å²) in [5.41, 5.74) is 3.19. The quantitative estimate of drug-likeness (QED) is 0.733. The third kappa shape index (κ3) is 2.58. The number of rotatable bonds is 4. The van der Waals surface area contributed by atoms with Crippen LogP contribution in [0.25, 0.3) is 5.65 Å².